The van der Waals surface area contributed by atoms with Crippen LogP contribution in [0.4, 0.5) is 8.78 Å². The zero-order valence-corrected chi connectivity index (χ0v) is 14.5. The van der Waals surface area contributed by atoms with Crippen molar-refractivity contribution in [2.24, 2.45) is 0 Å². The van der Waals surface area contributed by atoms with Crippen molar-refractivity contribution in [3.05, 3.63) is 64.1 Å². The molecule has 3 heterocycles. The summed E-state index contributed by atoms with van der Waals surface area (Å²) in [4.78, 5) is 3.74. The number of likely N-dealkylation sites (tertiary alicyclic amines) is 1. The summed E-state index contributed by atoms with van der Waals surface area (Å²) in [7, 11) is 0. The number of benzene rings is 1. The lowest BCUT2D eigenvalue weighted by Crippen LogP contribution is -2.34. The molecule has 0 saturated carbocycles. The molecule has 3 nitrogen and oxygen atoms in total. The molecule has 0 aliphatic carbocycles. The second-order valence-corrected chi connectivity index (χ2v) is 7.48. The van der Waals surface area contributed by atoms with Gasteiger partial charge in [-0.2, -0.15) is 5.10 Å². The Morgan fingerprint density at radius 1 is 1.20 bits per heavy atom. The number of H-pyrrole nitrogens is 1. The smallest absolute Gasteiger partial charge is 0.134 e. The zero-order chi connectivity index (χ0) is 17.2. The van der Waals surface area contributed by atoms with Crippen molar-refractivity contribution in [2.45, 2.75) is 25.3 Å². The van der Waals surface area contributed by atoms with E-state index in [1.54, 1.807) is 11.3 Å². The highest BCUT2D eigenvalue weighted by atomic mass is 32.1. The Morgan fingerprint density at radius 2 is 2.04 bits per heavy atom. The zero-order valence-electron chi connectivity index (χ0n) is 13.7. The second kappa shape index (κ2) is 7.06. The van der Waals surface area contributed by atoms with E-state index in [9.17, 15) is 8.78 Å². The predicted molar refractivity (Wildman–Crippen MR) is 95.5 cm³/mol. The van der Waals surface area contributed by atoms with E-state index in [-0.39, 0.29) is 11.5 Å². The fraction of sp³-hybridized carbons (Fsp3) is 0.316. The molecule has 2 aromatic heterocycles. The summed E-state index contributed by atoms with van der Waals surface area (Å²) in [6, 6.07) is 8.18. The van der Waals surface area contributed by atoms with Gasteiger partial charge in [0.1, 0.15) is 11.6 Å². The molecule has 1 aliphatic heterocycles. The minimum absolute atomic E-state index is 0.0154. The Labute approximate surface area is 149 Å². The van der Waals surface area contributed by atoms with Gasteiger partial charge in [-0.3, -0.25) is 10.00 Å². The maximum Gasteiger partial charge on any atom is 0.134 e. The lowest BCUT2D eigenvalue weighted by Gasteiger charge is -2.32. The maximum atomic E-state index is 14.2. The average Bonchev–Trinajstić information content (AvgIpc) is 3.27. The third-order valence-electron chi connectivity index (χ3n) is 4.77. The van der Waals surface area contributed by atoms with Crippen LogP contribution >= 0.6 is 11.3 Å². The number of nitrogens with one attached hydrogen (secondary N) is 1. The summed E-state index contributed by atoms with van der Waals surface area (Å²) in [5.74, 6) is -0.895. The SMILES string of the molecule is Fc1cccc(F)c1-c1cn[nH]c1[C@@H]1CCCN(Cc2cccs2)C1. The number of thiophene rings is 1. The molecule has 0 radical (unpaired) electrons. The van der Waals surface area contributed by atoms with Crippen molar-refractivity contribution >= 4 is 11.3 Å². The lowest BCUT2D eigenvalue weighted by molar-refractivity contribution is 0.200. The highest BCUT2D eigenvalue weighted by Gasteiger charge is 2.27. The van der Waals surface area contributed by atoms with E-state index in [4.69, 9.17) is 0 Å². The van der Waals surface area contributed by atoms with Crippen molar-refractivity contribution < 1.29 is 8.78 Å². The van der Waals surface area contributed by atoms with Gasteiger partial charge in [-0.25, -0.2) is 8.78 Å². The molecule has 130 valence electrons. The first-order valence-electron chi connectivity index (χ1n) is 8.45. The summed E-state index contributed by atoms with van der Waals surface area (Å²) >= 11 is 1.76. The van der Waals surface area contributed by atoms with Gasteiger partial charge in [0.05, 0.1) is 11.8 Å². The van der Waals surface area contributed by atoms with Crippen molar-refractivity contribution in [1.82, 2.24) is 15.1 Å². The van der Waals surface area contributed by atoms with E-state index in [0.29, 0.717) is 5.56 Å². The number of hydrogen-bond donors (Lipinski definition) is 1. The molecular formula is C19H19F2N3S. The van der Waals surface area contributed by atoms with Crippen LogP contribution in [0, 0.1) is 11.6 Å². The molecule has 1 N–H and O–H groups in total. The topological polar surface area (TPSA) is 31.9 Å². The van der Waals surface area contributed by atoms with E-state index >= 15 is 0 Å². The number of piperidine rings is 1. The molecule has 1 aliphatic rings. The summed E-state index contributed by atoms with van der Waals surface area (Å²) in [6.07, 6.45) is 3.59. The first-order valence-corrected chi connectivity index (χ1v) is 9.32. The predicted octanol–water partition coefficient (Wildman–Crippen LogP) is 4.80. The van der Waals surface area contributed by atoms with Crippen molar-refractivity contribution in [3.63, 3.8) is 0 Å². The fourth-order valence-corrected chi connectivity index (χ4v) is 4.37. The largest absolute Gasteiger partial charge is 0.298 e. The van der Waals surface area contributed by atoms with E-state index < -0.39 is 11.6 Å². The molecule has 0 bridgehead atoms. The Balaban J connectivity index is 1.59. The Bertz CT molecular complexity index is 824. The maximum absolute atomic E-state index is 14.2. The molecular weight excluding hydrogens is 340 g/mol. The fourth-order valence-electron chi connectivity index (χ4n) is 3.62. The highest BCUT2D eigenvalue weighted by molar-refractivity contribution is 7.09. The molecule has 3 aromatic rings. The highest BCUT2D eigenvalue weighted by Crippen LogP contribution is 2.35. The molecule has 0 unspecified atom stereocenters. The third-order valence-corrected chi connectivity index (χ3v) is 5.64. The molecule has 1 saturated heterocycles. The van der Waals surface area contributed by atoms with Gasteiger partial charge in [-0.1, -0.05) is 12.1 Å². The Hall–Kier alpha value is -2.05. The van der Waals surface area contributed by atoms with Crippen LogP contribution in [-0.4, -0.2) is 28.2 Å². The van der Waals surface area contributed by atoms with Gasteiger partial charge < -0.3 is 0 Å². The monoisotopic (exact) mass is 359 g/mol. The number of nitrogens with zero attached hydrogens (tertiary/aromatic N) is 2. The number of rotatable bonds is 4. The summed E-state index contributed by atoms with van der Waals surface area (Å²) in [6.45, 7) is 2.83. The number of halogens is 2. The molecule has 0 amide bonds. The van der Waals surface area contributed by atoms with Gasteiger partial charge in [-0.05, 0) is 43.0 Å². The standard InChI is InChI=1S/C19H19F2N3S/c20-16-6-1-7-17(21)18(16)15-10-22-23-19(15)13-4-2-8-24(11-13)12-14-5-3-9-25-14/h1,3,5-7,9-10,13H,2,4,8,11-12H2,(H,22,23)/t13-/m1/s1. The third kappa shape index (κ3) is 3.37. The van der Waals surface area contributed by atoms with Crippen LogP contribution in [0.15, 0.2) is 41.9 Å². The van der Waals surface area contributed by atoms with Crippen LogP contribution in [0.5, 0.6) is 0 Å². The van der Waals surface area contributed by atoms with Crippen molar-refractivity contribution in [1.29, 1.82) is 0 Å². The number of aromatic nitrogens is 2. The normalized spacial score (nSPS) is 18.6. The average molecular weight is 359 g/mol. The molecule has 0 spiro atoms. The van der Waals surface area contributed by atoms with Gasteiger partial charge in [0.25, 0.3) is 0 Å². The van der Waals surface area contributed by atoms with Gasteiger partial charge in [0.15, 0.2) is 0 Å². The van der Waals surface area contributed by atoms with Gasteiger partial charge in [0.2, 0.25) is 0 Å². The summed E-state index contributed by atoms with van der Waals surface area (Å²) < 4.78 is 28.4. The Morgan fingerprint density at radius 3 is 2.80 bits per heavy atom. The Kier molecular flexibility index (Phi) is 4.63. The minimum Gasteiger partial charge on any atom is -0.298 e. The van der Waals surface area contributed by atoms with Crippen LogP contribution in [0.3, 0.4) is 0 Å². The van der Waals surface area contributed by atoms with Gasteiger partial charge >= 0.3 is 0 Å². The van der Waals surface area contributed by atoms with Crippen LogP contribution in [-0.2, 0) is 6.54 Å². The van der Waals surface area contributed by atoms with Crippen molar-refractivity contribution in [3.8, 4) is 11.1 Å². The van der Waals surface area contributed by atoms with E-state index in [2.05, 4.69) is 32.6 Å². The molecule has 6 heteroatoms. The quantitative estimate of drug-likeness (QED) is 0.726. The van der Waals surface area contributed by atoms with Crippen LogP contribution in [0.2, 0.25) is 0 Å². The van der Waals surface area contributed by atoms with Crippen LogP contribution in [0.25, 0.3) is 11.1 Å². The van der Waals surface area contributed by atoms with Gasteiger partial charge in [-0.15, -0.1) is 11.3 Å². The van der Waals surface area contributed by atoms with E-state index in [1.807, 2.05) is 0 Å². The minimum atomic E-state index is -0.547. The number of aromatic amines is 1. The summed E-state index contributed by atoms with van der Waals surface area (Å²) in [5.41, 5.74) is 1.39. The van der Waals surface area contributed by atoms with E-state index in [1.165, 1.54) is 29.3 Å². The van der Waals surface area contributed by atoms with Gasteiger partial charge in [0, 0.05) is 35.1 Å². The molecule has 4 rings (SSSR count). The first kappa shape index (κ1) is 16.4. The molecule has 1 atom stereocenters. The molecule has 1 fully saturated rings. The van der Waals surface area contributed by atoms with E-state index in [0.717, 1.165) is 38.2 Å². The molecule has 25 heavy (non-hydrogen) atoms. The first-order chi connectivity index (χ1) is 12.2. The molecule has 1 aromatic carbocycles. The van der Waals surface area contributed by atoms with Crippen LogP contribution in [0.1, 0.15) is 29.3 Å². The van der Waals surface area contributed by atoms with Crippen molar-refractivity contribution in [2.75, 3.05) is 13.1 Å². The van der Waals surface area contributed by atoms with Crippen LogP contribution < -0.4 is 0 Å². The summed E-state index contributed by atoms with van der Waals surface area (Å²) in [5, 5.41) is 9.17. The second-order valence-electron chi connectivity index (χ2n) is 6.45. The lowest BCUT2D eigenvalue weighted by atomic mass is 9.90. The number of hydrogen-bond acceptors (Lipinski definition) is 3.